The van der Waals surface area contributed by atoms with Crippen LogP contribution in [-0.4, -0.2) is 57.8 Å². The highest BCUT2D eigenvalue weighted by atomic mass is 32.2. The summed E-state index contributed by atoms with van der Waals surface area (Å²) in [7, 11) is -0.179. The molecule has 0 heterocycles. The van der Waals surface area contributed by atoms with Crippen molar-refractivity contribution in [3.8, 4) is 0 Å². The van der Waals surface area contributed by atoms with E-state index in [1.807, 2.05) is 0 Å². The summed E-state index contributed by atoms with van der Waals surface area (Å²) in [5.74, 6) is -1.74. The van der Waals surface area contributed by atoms with Gasteiger partial charge in [-0.2, -0.15) is 4.31 Å². The fraction of sp³-hybridized carbons (Fsp3) is 0.417. The first kappa shape index (κ1) is 27.3. The van der Waals surface area contributed by atoms with E-state index in [9.17, 15) is 22.4 Å². The molecular formula is C24H33FN4O4S. The van der Waals surface area contributed by atoms with Gasteiger partial charge in [-0.05, 0) is 48.4 Å². The Balaban J connectivity index is 2.37. The maximum absolute atomic E-state index is 13.2. The molecule has 0 aliphatic heterocycles. The zero-order chi connectivity index (χ0) is 25.6. The van der Waals surface area contributed by atoms with Gasteiger partial charge in [0.25, 0.3) is 5.91 Å². The molecule has 0 aromatic heterocycles. The van der Waals surface area contributed by atoms with Crippen molar-refractivity contribution >= 4 is 33.2 Å². The number of sulfonamides is 1. The molecule has 2 aromatic carbocycles. The quantitative estimate of drug-likeness (QED) is 0.530. The first-order chi connectivity index (χ1) is 15.9. The van der Waals surface area contributed by atoms with Crippen LogP contribution in [0.5, 0.6) is 0 Å². The average molecular weight is 493 g/mol. The predicted octanol–water partition coefficient (Wildman–Crippen LogP) is 3.32. The van der Waals surface area contributed by atoms with Gasteiger partial charge in [0.15, 0.2) is 0 Å². The second-order valence-electron chi connectivity index (χ2n) is 8.35. The first-order valence-corrected chi connectivity index (χ1v) is 12.5. The van der Waals surface area contributed by atoms with E-state index < -0.39 is 33.7 Å². The molecule has 186 valence electrons. The minimum Gasteiger partial charge on any atom is -0.376 e. The van der Waals surface area contributed by atoms with Crippen LogP contribution >= 0.6 is 0 Å². The summed E-state index contributed by atoms with van der Waals surface area (Å²) >= 11 is 0. The Kier molecular flexibility index (Phi) is 9.17. The number of carbonyl (C=O) groups is 2. The lowest BCUT2D eigenvalue weighted by atomic mass is 10.0. The van der Waals surface area contributed by atoms with Crippen molar-refractivity contribution in [2.45, 2.75) is 38.6 Å². The van der Waals surface area contributed by atoms with Crippen LogP contribution in [0.4, 0.5) is 15.8 Å². The lowest BCUT2D eigenvalue weighted by Gasteiger charge is -2.25. The number of anilines is 2. The minimum absolute atomic E-state index is 0.0635. The Morgan fingerprint density at radius 3 is 2.09 bits per heavy atom. The number of nitrogens with one attached hydrogen (secondary N) is 2. The molecule has 2 rings (SSSR count). The smallest absolute Gasteiger partial charge is 0.251 e. The van der Waals surface area contributed by atoms with Crippen molar-refractivity contribution in [2.75, 3.05) is 37.4 Å². The second kappa shape index (κ2) is 11.4. The molecule has 0 saturated heterocycles. The lowest BCUT2D eigenvalue weighted by molar-refractivity contribution is -0.118. The monoisotopic (exact) mass is 492 g/mol. The van der Waals surface area contributed by atoms with E-state index in [2.05, 4.69) is 10.6 Å². The Labute approximate surface area is 201 Å². The summed E-state index contributed by atoms with van der Waals surface area (Å²) < 4.78 is 40.5. The molecule has 2 amide bonds. The van der Waals surface area contributed by atoms with Crippen molar-refractivity contribution in [1.82, 2.24) is 9.62 Å². The van der Waals surface area contributed by atoms with Gasteiger partial charge >= 0.3 is 0 Å². The number of halogens is 1. The Morgan fingerprint density at radius 2 is 1.59 bits per heavy atom. The highest BCUT2D eigenvalue weighted by Gasteiger charge is 2.27. The molecule has 2 N–H and O–H groups in total. The third kappa shape index (κ3) is 6.32. The molecule has 0 spiro atoms. The highest BCUT2D eigenvalue weighted by Crippen LogP contribution is 2.29. The molecule has 0 aliphatic rings. The van der Waals surface area contributed by atoms with Crippen molar-refractivity contribution in [3.05, 3.63) is 53.8 Å². The second-order valence-corrected chi connectivity index (χ2v) is 10.3. The molecule has 2 aromatic rings. The van der Waals surface area contributed by atoms with Crippen molar-refractivity contribution in [2.24, 2.45) is 5.92 Å². The van der Waals surface area contributed by atoms with Gasteiger partial charge in [-0.25, -0.2) is 12.8 Å². The van der Waals surface area contributed by atoms with Gasteiger partial charge in [-0.1, -0.05) is 27.7 Å². The molecule has 0 radical (unpaired) electrons. The molecule has 8 nitrogen and oxygen atoms in total. The Morgan fingerprint density at radius 1 is 1.00 bits per heavy atom. The zero-order valence-electron chi connectivity index (χ0n) is 20.4. The topological polar surface area (TPSA) is 98.8 Å². The summed E-state index contributed by atoms with van der Waals surface area (Å²) in [5.41, 5.74) is 1.14. The maximum atomic E-state index is 13.2. The van der Waals surface area contributed by atoms with Gasteiger partial charge in [0.05, 0.1) is 16.3 Å². The van der Waals surface area contributed by atoms with Gasteiger partial charge in [-0.15, -0.1) is 0 Å². The van der Waals surface area contributed by atoms with Crippen LogP contribution in [0.25, 0.3) is 0 Å². The predicted molar refractivity (Wildman–Crippen MR) is 132 cm³/mol. The van der Waals surface area contributed by atoms with Crippen LogP contribution in [0.15, 0.2) is 47.4 Å². The van der Waals surface area contributed by atoms with Crippen molar-refractivity contribution in [3.63, 3.8) is 0 Å². The van der Waals surface area contributed by atoms with Crippen LogP contribution in [-0.2, 0) is 14.8 Å². The number of carbonyl (C=O) groups excluding carboxylic acids is 2. The molecule has 34 heavy (non-hydrogen) atoms. The third-order valence-electron chi connectivity index (χ3n) is 5.39. The van der Waals surface area contributed by atoms with Gasteiger partial charge in [-0.3, -0.25) is 9.59 Å². The fourth-order valence-electron chi connectivity index (χ4n) is 3.45. The zero-order valence-corrected chi connectivity index (χ0v) is 21.2. The van der Waals surface area contributed by atoms with Crippen LogP contribution in [0, 0.1) is 11.7 Å². The summed E-state index contributed by atoms with van der Waals surface area (Å²) in [6.07, 6.45) is 0. The molecule has 10 heteroatoms. The van der Waals surface area contributed by atoms with Crippen LogP contribution < -0.4 is 15.5 Å². The fourth-order valence-corrected chi connectivity index (χ4v) is 4.93. The lowest BCUT2D eigenvalue weighted by Crippen LogP contribution is -2.47. The molecule has 1 atom stereocenters. The first-order valence-electron chi connectivity index (χ1n) is 11.1. The summed E-state index contributed by atoms with van der Waals surface area (Å²) in [4.78, 5) is 27.6. The molecule has 0 aliphatic carbocycles. The number of rotatable bonds is 10. The van der Waals surface area contributed by atoms with Crippen LogP contribution in [0.1, 0.15) is 38.1 Å². The van der Waals surface area contributed by atoms with Gasteiger partial charge in [0.1, 0.15) is 11.9 Å². The number of hydrogen-bond acceptors (Lipinski definition) is 5. The average Bonchev–Trinajstić information content (AvgIpc) is 2.77. The highest BCUT2D eigenvalue weighted by molar-refractivity contribution is 7.89. The maximum Gasteiger partial charge on any atom is 0.251 e. The number of nitrogens with zero attached hydrogens (tertiary/aromatic N) is 2. The van der Waals surface area contributed by atoms with Crippen molar-refractivity contribution in [1.29, 1.82) is 0 Å². The summed E-state index contributed by atoms with van der Waals surface area (Å²) in [6, 6.07) is 8.69. The van der Waals surface area contributed by atoms with E-state index in [1.54, 1.807) is 52.8 Å². The summed E-state index contributed by atoms with van der Waals surface area (Å²) in [5, 5.41) is 5.48. The number of benzene rings is 2. The van der Waals surface area contributed by atoms with E-state index >= 15 is 0 Å². The van der Waals surface area contributed by atoms with E-state index in [-0.39, 0.29) is 16.4 Å². The van der Waals surface area contributed by atoms with E-state index in [0.717, 1.165) is 0 Å². The normalized spacial score (nSPS) is 12.5. The van der Waals surface area contributed by atoms with Gasteiger partial charge in [0.2, 0.25) is 15.9 Å². The minimum atomic E-state index is -3.73. The van der Waals surface area contributed by atoms with E-state index in [0.29, 0.717) is 24.5 Å². The Hall–Kier alpha value is -2.98. The van der Waals surface area contributed by atoms with Crippen molar-refractivity contribution < 1.29 is 22.4 Å². The molecule has 0 fully saturated rings. The van der Waals surface area contributed by atoms with Gasteiger partial charge < -0.3 is 15.5 Å². The van der Waals surface area contributed by atoms with Crippen LogP contribution in [0.3, 0.4) is 0 Å². The Bertz CT molecular complexity index is 1110. The SMILES string of the molecule is CCN(CC)S(=O)(=O)c1ccc(N(C)C)c(NC(=O)[C@H](NC(=O)c2ccc(F)cc2)C(C)C)c1. The molecule has 0 bridgehead atoms. The van der Waals surface area contributed by atoms with Gasteiger partial charge in [0, 0.05) is 32.7 Å². The number of amides is 2. The van der Waals surface area contributed by atoms with E-state index in [1.165, 1.54) is 40.7 Å². The molecular weight excluding hydrogens is 459 g/mol. The third-order valence-corrected chi connectivity index (χ3v) is 7.44. The standard InChI is InChI=1S/C24H33FN4O4S/c1-7-29(8-2)34(32,33)19-13-14-21(28(5)6)20(15-19)26-24(31)22(16(3)4)27-23(30)17-9-11-18(25)12-10-17/h9-16,22H,7-8H2,1-6H3,(H,26,31)(H,27,30)/t22-/m1/s1. The largest absolute Gasteiger partial charge is 0.376 e. The molecule has 0 saturated carbocycles. The molecule has 0 unspecified atom stereocenters. The van der Waals surface area contributed by atoms with Crippen LogP contribution in [0.2, 0.25) is 0 Å². The van der Waals surface area contributed by atoms with E-state index in [4.69, 9.17) is 0 Å². The summed E-state index contributed by atoms with van der Waals surface area (Å²) in [6.45, 7) is 7.72. The number of hydrogen-bond donors (Lipinski definition) is 2.